The van der Waals surface area contributed by atoms with E-state index in [9.17, 15) is 9.50 Å². The maximum absolute atomic E-state index is 13.3. The number of aromatic nitrogens is 1. The standard InChI is InChI=1S/C28H36FN3O3/c1-31(2)17-24-26(34-22-6-4-21(29)5-7-22)10-8-23-25(30-35-27(23)24)9-3-20-11-15-32(16-12-20)18-28(19-33)13-14-28/h4-8,10,20,33H,3,9,11-19H2,1-2H3. The number of hydrogen-bond acceptors (Lipinski definition) is 6. The molecule has 1 aliphatic carbocycles. The Bertz CT molecular complexity index is 1130. The van der Waals surface area contributed by atoms with Crippen LogP contribution in [0.15, 0.2) is 40.9 Å². The molecule has 6 nitrogen and oxygen atoms in total. The van der Waals surface area contributed by atoms with E-state index in [0.29, 0.717) is 30.6 Å². The zero-order valence-corrected chi connectivity index (χ0v) is 20.8. The highest BCUT2D eigenvalue weighted by molar-refractivity contribution is 5.84. The summed E-state index contributed by atoms with van der Waals surface area (Å²) in [4.78, 5) is 4.62. The molecule has 0 bridgehead atoms. The van der Waals surface area contributed by atoms with Crippen LogP contribution in [0.3, 0.4) is 0 Å². The van der Waals surface area contributed by atoms with E-state index in [2.05, 4.69) is 15.0 Å². The van der Waals surface area contributed by atoms with Gasteiger partial charge in [0.15, 0.2) is 5.58 Å². The molecule has 2 aromatic carbocycles. The van der Waals surface area contributed by atoms with E-state index in [1.165, 1.54) is 37.8 Å². The molecule has 3 aromatic rings. The molecule has 1 aromatic heterocycles. The van der Waals surface area contributed by atoms with E-state index in [1.807, 2.05) is 26.2 Å². The lowest BCUT2D eigenvalue weighted by molar-refractivity contribution is 0.115. The van der Waals surface area contributed by atoms with Crippen LogP contribution in [0, 0.1) is 17.2 Å². The largest absolute Gasteiger partial charge is 0.457 e. The number of aliphatic hydroxyl groups excluding tert-OH is 1. The van der Waals surface area contributed by atoms with Gasteiger partial charge in [0.1, 0.15) is 17.3 Å². The molecule has 0 spiro atoms. The number of aliphatic hydroxyl groups is 1. The van der Waals surface area contributed by atoms with Gasteiger partial charge < -0.3 is 24.2 Å². The molecule has 188 valence electrons. The highest BCUT2D eigenvalue weighted by Gasteiger charge is 2.43. The van der Waals surface area contributed by atoms with E-state index in [1.54, 1.807) is 12.1 Å². The van der Waals surface area contributed by atoms with Crippen LogP contribution in [0.5, 0.6) is 11.5 Å². The van der Waals surface area contributed by atoms with Gasteiger partial charge in [-0.15, -0.1) is 0 Å². The molecule has 1 saturated carbocycles. The van der Waals surface area contributed by atoms with E-state index in [4.69, 9.17) is 9.26 Å². The number of aryl methyl sites for hydroxylation is 1. The van der Waals surface area contributed by atoms with E-state index in [-0.39, 0.29) is 11.2 Å². The van der Waals surface area contributed by atoms with Crippen molar-refractivity contribution in [2.75, 3.05) is 40.3 Å². The summed E-state index contributed by atoms with van der Waals surface area (Å²) in [5, 5.41) is 15.1. The number of rotatable bonds is 10. The lowest BCUT2D eigenvalue weighted by Gasteiger charge is -2.34. The molecular formula is C28H36FN3O3. The van der Waals surface area contributed by atoms with Crippen LogP contribution < -0.4 is 4.74 Å². The highest BCUT2D eigenvalue weighted by Crippen LogP contribution is 2.46. The molecule has 0 atom stereocenters. The van der Waals surface area contributed by atoms with Crippen LogP contribution in [0.4, 0.5) is 4.39 Å². The Balaban J connectivity index is 1.25. The van der Waals surface area contributed by atoms with E-state index < -0.39 is 0 Å². The van der Waals surface area contributed by atoms with Gasteiger partial charge in [0.2, 0.25) is 0 Å². The average molecular weight is 482 g/mol. The normalized spacial score (nSPS) is 18.4. The quantitative estimate of drug-likeness (QED) is 0.427. The molecular weight excluding hydrogens is 445 g/mol. The van der Waals surface area contributed by atoms with Crippen LogP contribution in [0.25, 0.3) is 11.0 Å². The van der Waals surface area contributed by atoms with Gasteiger partial charge in [0.05, 0.1) is 11.3 Å². The first-order valence-electron chi connectivity index (χ1n) is 12.8. The Hall–Kier alpha value is -2.48. The molecule has 1 aliphatic heterocycles. The van der Waals surface area contributed by atoms with Gasteiger partial charge in [-0.05, 0) is 108 Å². The zero-order valence-electron chi connectivity index (χ0n) is 20.8. The maximum Gasteiger partial charge on any atom is 0.175 e. The summed E-state index contributed by atoms with van der Waals surface area (Å²) in [6.45, 7) is 4.29. The van der Waals surface area contributed by atoms with Crippen molar-refractivity contribution < 1.29 is 18.8 Å². The number of halogens is 1. The third-order valence-electron chi connectivity index (χ3n) is 7.64. The second-order valence-electron chi connectivity index (χ2n) is 10.8. The van der Waals surface area contributed by atoms with Crippen molar-refractivity contribution in [3.63, 3.8) is 0 Å². The predicted molar refractivity (Wildman–Crippen MR) is 134 cm³/mol. The van der Waals surface area contributed by atoms with Gasteiger partial charge in [-0.1, -0.05) is 5.16 Å². The summed E-state index contributed by atoms with van der Waals surface area (Å²) in [5.74, 6) is 1.70. The first-order chi connectivity index (χ1) is 16.9. The van der Waals surface area contributed by atoms with Crippen LogP contribution in [0.1, 0.15) is 43.4 Å². The number of ether oxygens (including phenoxy) is 1. The Morgan fingerprint density at radius 3 is 2.54 bits per heavy atom. The molecule has 1 N–H and O–H groups in total. The number of benzene rings is 2. The molecule has 0 radical (unpaired) electrons. The Morgan fingerprint density at radius 1 is 1.14 bits per heavy atom. The molecule has 0 amide bonds. The lowest BCUT2D eigenvalue weighted by atomic mass is 9.90. The van der Waals surface area contributed by atoms with Crippen molar-refractivity contribution in [3.05, 3.63) is 53.5 Å². The van der Waals surface area contributed by atoms with Crippen molar-refractivity contribution in [1.29, 1.82) is 0 Å². The maximum atomic E-state index is 13.3. The monoisotopic (exact) mass is 481 g/mol. The highest BCUT2D eigenvalue weighted by atomic mass is 19.1. The van der Waals surface area contributed by atoms with Crippen molar-refractivity contribution >= 4 is 11.0 Å². The number of piperidine rings is 1. The summed E-state index contributed by atoms with van der Waals surface area (Å²) in [6, 6.07) is 10.1. The minimum absolute atomic E-state index is 0.204. The average Bonchev–Trinajstić information content (AvgIpc) is 3.50. The van der Waals surface area contributed by atoms with Gasteiger partial charge in [-0.2, -0.15) is 0 Å². The summed E-state index contributed by atoms with van der Waals surface area (Å²) < 4.78 is 25.3. The van der Waals surface area contributed by atoms with Crippen LogP contribution in [0.2, 0.25) is 0 Å². The van der Waals surface area contributed by atoms with Gasteiger partial charge >= 0.3 is 0 Å². The van der Waals surface area contributed by atoms with Crippen LogP contribution in [-0.4, -0.2) is 60.4 Å². The fourth-order valence-corrected chi connectivity index (χ4v) is 5.25. The minimum Gasteiger partial charge on any atom is -0.457 e. The molecule has 5 rings (SSSR count). The SMILES string of the molecule is CN(C)Cc1c(Oc2ccc(F)cc2)ccc2c(CCC3CCN(CC4(CO)CC4)CC3)noc12. The topological polar surface area (TPSA) is 62.0 Å². The first-order valence-corrected chi connectivity index (χ1v) is 12.8. The summed E-state index contributed by atoms with van der Waals surface area (Å²) >= 11 is 0. The number of hydrogen-bond donors (Lipinski definition) is 1. The summed E-state index contributed by atoms with van der Waals surface area (Å²) in [6.07, 6.45) is 6.77. The molecule has 35 heavy (non-hydrogen) atoms. The van der Waals surface area contributed by atoms with Gasteiger partial charge in [-0.3, -0.25) is 0 Å². The van der Waals surface area contributed by atoms with Crippen LogP contribution in [-0.2, 0) is 13.0 Å². The molecule has 2 fully saturated rings. The van der Waals surface area contributed by atoms with Crippen LogP contribution >= 0.6 is 0 Å². The number of likely N-dealkylation sites (tertiary alicyclic amines) is 1. The smallest absolute Gasteiger partial charge is 0.175 e. The second kappa shape index (κ2) is 10.2. The molecule has 7 heteroatoms. The second-order valence-corrected chi connectivity index (χ2v) is 10.8. The molecule has 1 saturated heterocycles. The van der Waals surface area contributed by atoms with Crippen molar-refractivity contribution in [2.24, 2.45) is 11.3 Å². The predicted octanol–water partition coefficient (Wildman–Crippen LogP) is 5.24. The van der Waals surface area contributed by atoms with Gasteiger partial charge in [-0.25, -0.2) is 4.39 Å². The summed E-state index contributed by atoms with van der Waals surface area (Å²) in [5.41, 5.74) is 2.92. The minimum atomic E-state index is -0.288. The van der Waals surface area contributed by atoms with Crippen molar-refractivity contribution in [3.8, 4) is 11.5 Å². The molecule has 2 aliphatic rings. The van der Waals surface area contributed by atoms with Crippen molar-refractivity contribution in [2.45, 2.75) is 45.1 Å². The van der Waals surface area contributed by atoms with Crippen molar-refractivity contribution in [1.82, 2.24) is 15.0 Å². The number of nitrogens with zero attached hydrogens (tertiary/aromatic N) is 3. The molecule has 0 unspecified atom stereocenters. The molecule has 2 heterocycles. The zero-order chi connectivity index (χ0) is 24.4. The third kappa shape index (κ3) is 5.68. The summed E-state index contributed by atoms with van der Waals surface area (Å²) in [7, 11) is 4.02. The lowest BCUT2D eigenvalue weighted by Crippen LogP contribution is -2.38. The number of fused-ring (bicyclic) bond motifs is 1. The van der Waals surface area contributed by atoms with Gasteiger partial charge in [0.25, 0.3) is 0 Å². The fraction of sp³-hybridized carbons (Fsp3) is 0.536. The van der Waals surface area contributed by atoms with E-state index >= 15 is 0 Å². The van der Waals surface area contributed by atoms with Gasteiger partial charge in [0, 0.05) is 30.5 Å². The Kier molecular flexibility index (Phi) is 7.09. The Morgan fingerprint density at radius 2 is 1.89 bits per heavy atom. The first kappa shape index (κ1) is 24.2. The fourth-order valence-electron chi connectivity index (χ4n) is 5.25. The Labute approximate surface area is 206 Å². The van der Waals surface area contributed by atoms with E-state index in [0.717, 1.165) is 54.7 Å². The third-order valence-corrected chi connectivity index (χ3v) is 7.64.